The van der Waals surface area contributed by atoms with E-state index < -0.39 is 0 Å². The van der Waals surface area contributed by atoms with Crippen LogP contribution in [-0.2, 0) is 17.8 Å². The van der Waals surface area contributed by atoms with Gasteiger partial charge in [-0.25, -0.2) is 4.98 Å². The lowest BCUT2D eigenvalue weighted by Crippen LogP contribution is -2.26. The minimum Gasteiger partial charge on any atom is -0.497 e. The van der Waals surface area contributed by atoms with Crippen molar-refractivity contribution in [2.45, 2.75) is 26.3 Å². The molecule has 0 aliphatic rings. The predicted molar refractivity (Wildman–Crippen MR) is 98.8 cm³/mol. The van der Waals surface area contributed by atoms with Crippen molar-refractivity contribution in [3.05, 3.63) is 59.9 Å². The fourth-order valence-corrected chi connectivity index (χ4v) is 2.93. The molecule has 0 unspecified atom stereocenters. The Hall–Kier alpha value is -2.82. The molecule has 5 heteroatoms. The maximum Gasteiger partial charge on any atom is 0.224 e. The number of fused-ring (bicyclic) bond motifs is 1. The van der Waals surface area contributed by atoms with Gasteiger partial charge in [0.05, 0.1) is 24.6 Å². The molecule has 0 bridgehead atoms. The smallest absolute Gasteiger partial charge is 0.224 e. The number of benzene rings is 2. The number of hydrogen-bond donors (Lipinski definition) is 1. The van der Waals surface area contributed by atoms with Crippen LogP contribution in [0.5, 0.6) is 5.75 Å². The number of carbonyl (C=O) groups is 1. The quantitative estimate of drug-likeness (QED) is 0.674. The van der Waals surface area contributed by atoms with E-state index in [1.165, 1.54) is 0 Å². The van der Waals surface area contributed by atoms with Gasteiger partial charge in [0.2, 0.25) is 5.91 Å². The molecule has 0 saturated carbocycles. The molecule has 2 aromatic carbocycles. The van der Waals surface area contributed by atoms with Crippen molar-refractivity contribution in [1.29, 1.82) is 0 Å². The number of aryl methyl sites for hydroxylation is 2. The van der Waals surface area contributed by atoms with E-state index >= 15 is 0 Å². The Balaban J connectivity index is 1.47. The second-order valence-corrected chi connectivity index (χ2v) is 6.03. The molecule has 0 atom stereocenters. The number of rotatable bonds is 7. The average Bonchev–Trinajstić information content (AvgIpc) is 2.95. The fourth-order valence-electron chi connectivity index (χ4n) is 2.93. The highest BCUT2D eigenvalue weighted by atomic mass is 16.5. The zero-order chi connectivity index (χ0) is 17.6. The minimum absolute atomic E-state index is 0.0392. The van der Waals surface area contributed by atoms with Crippen LogP contribution in [0.3, 0.4) is 0 Å². The van der Waals surface area contributed by atoms with Gasteiger partial charge in [0, 0.05) is 13.1 Å². The first kappa shape index (κ1) is 17.0. The highest BCUT2D eigenvalue weighted by Crippen LogP contribution is 2.15. The molecule has 25 heavy (non-hydrogen) atoms. The number of methoxy groups -OCH3 is 1. The Morgan fingerprint density at radius 3 is 2.68 bits per heavy atom. The van der Waals surface area contributed by atoms with Gasteiger partial charge < -0.3 is 14.6 Å². The highest BCUT2D eigenvalue weighted by molar-refractivity contribution is 5.78. The van der Waals surface area contributed by atoms with Crippen LogP contribution in [0.4, 0.5) is 0 Å². The summed E-state index contributed by atoms with van der Waals surface area (Å²) in [6.45, 7) is 3.51. The van der Waals surface area contributed by atoms with Gasteiger partial charge in [-0.3, -0.25) is 4.79 Å². The number of nitrogens with one attached hydrogen (secondary N) is 1. The van der Waals surface area contributed by atoms with Gasteiger partial charge in [-0.05, 0) is 43.2 Å². The van der Waals surface area contributed by atoms with Crippen molar-refractivity contribution in [3.8, 4) is 5.75 Å². The van der Waals surface area contributed by atoms with Crippen molar-refractivity contribution < 1.29 is 9.53 Å². The molecule has 3 rings (SSSR count). The molecule has 0 aliphatic heterocycles. The molecule has 1 amide bonds. The third-order valence-corrected chi connectivity index (χ3v) is 4.25. The Labute approximate surface area is 147 Å². The topological polar surface area (TPSA) is 56.1 Å². The van der Waals surface area contributed by atoms with Crippen molar-refractivity contribution in [1.82, 2.24) is 14.9 Å². The van der Waals surface area contributed by atoms with E-state index in [0.717, 1.165) is 41.1 Å². The van der Waals surface area contributed by atoms with Crippen LogP contribution in [0.2, 0.25) is 0 Å². The number of hydrogen-bond acceptors (Lipinski definition) is 3. The van der Waals surface area contributed by atoms with Crippen LogP contribution in [0.1, 0.15) is 17.8 Å². The molecule has 0 aliphatic carbocycles. The maximum absolute atomic E-state index is 12.0. The number of carbonyl (C=O) groups excluding carboxylic acids is 1. The monoisotopic (exact) mass is 337 g/mol. The lowest BCUT2D eigenvalue weighted by atomic mass is 10.1. The summed E-state index contributed by atoms with van der Waals surface area (Å²) < 4.78 is 7.32. The van der Waals surface area contributed by atoms with E-state index in [1.54, 1.807) is 7.11 Å². The average molecular weight is 337 g/mol. The normalized spacial score (nSPS) is 10.8. The molecule has 1 N–H and O–H groups in total. The highest BCUT2D eigenvalue weighted by Gasteiger charge is 2.07. The molecule has 0 fully saturated rings. The molecule has 0 spiro atoms. The molecular weight excluding hydrogens is 314 g/mol. The molecule has 0 radical (unpaired) electrons. The van der Waals surface area contributed by atoms with Crippen LogP contribution in [0, 0.1) is 6.92 Å². The number of amides is 1. The van der Waals surface area contributed by atoms with Gasteiger partial charge in [-0.1, -0.05) is 24.3 Å². The standard InChI is InChI=1S/C20H23N3O2/c1-15-22-18-6-3-4-7-19(18)23(15)13-5-12-21-20(24)14-16-8-10-17(25-2)11-9-16/h3-4,6-11H,5,12-14H2,1-2H3,(H,21,24). The summed E-state index contributed by atoms with van der Waals surface area (Å²) in [7, 11) is 1.63. The first-order valence-electron chi connectivity index (χ1n) is 8.49. The molecular formula is C20H23N3O2. The second kappa shape index (κ2) is 7.83. The van der Waals surface area contributed by atoms with Gasteiger partial charge in [0.1, 0.15) is 11.6 Å². The van der Waals surface area contributed by atoms with E-state index in [9.17, 15) is 4.79 Å². The maximum atomic E-state index is 12.0. The van der Waals surface area contributed by atoms with E-state index in [-0.39, 0.29) is 5.91 Å². The molecule has 1 aromatic heterocycles. The molecule has 0 saturated heterocycles. The number of nitrogens with zero attached hydrogens (tertiary/aromatic N) is 2. The Kier molecular flexibility index (Phi) is 5.33. The Bertz CT molecular complexity index is 853. The molecule has 3 aromatic rings. The number of ether oxygens (including phenoxy) is 1. The zero-order valence-electron chi connectivity index (χ0n) is 14.7. The van der Waals surface area contributed by atoms with Gasteiger partial charge >= 0.3 is 0 Å². The summed E-state index contributed by atoms with van der Waals surface area (Å²) in [6.07, 6.45) is 1.26. The Morgan fingerprint density at radius 1 is 1.16 bits per heavy atom. The van der Waals surface area contributed by atoms with Gasteiger partial charge in [-0.15, -0.1) is 0 Å². The summed E-state index contributed by atoms with van der Waals surface area (Å²) >= 11 is 0. The van der Waals surface area contributed by atoms with Gasteiger partial charge in [0.25, 0.3) is 0 Å². The summed E-state index contributed by atoms with van der Waals surface area (Å²) in [5.74, 6) is 1.84. The predicted octanol–water partition coefficient (Wildman–Crippen LogP) is 3.10. The van der Waals surface area contributed by atoms with Crippen LogP contribution in [0.15, 0.2) is 48.5 Å². The third kappa shape index (κ3) is 4.18. The first-order valence-corrected chi connectivity index (χ1v) is 8.49. The molecule has 1 heterocycles. The van der Waals surface area contributed by atoms with E-state index in [4.69, 9.17) is 4.74 Å². The third-order valence-electron chi connectivity index (χ3n) is 4.25. The number of imidazole rings is 1. The number of aromatic nitrogens is 2. The van der Waals surface area contributed by atoms with Crippen molar-refractivity contribution in [3.63, 3.8) is 0 Å². The molecule has 5 nitrogen and oxygen atoms in total. The van der Waals surface area contributed by atoms with Crippen LogP contribution in [0.25, 0.3) is 11.0 Å². The molecule has 130 valence electrons. The summed E-state index contributed by atoms with van der Waals surface area (Å²) in [5.41, 5.74) is 3.14. The lowest BCUT2D eigenvalue weighted by Gasteiger charge is -2.09. The number of para-hydroxylation sites is 2. The van der Waals surface area contributed by atoms with Crippen molar-refractivity contribution in [2.24, 2.45) is 0 Å². The summed E-state index contributed by atoms with van der Waals surface area (Å²) in [6, 6.07) is 15.7. The lowest BCUT2D eigenvalue weighted by molar-refractivity contribution is -0.120. The fraction of sp³-hybridized carbons (Fsp3) is 0.300. The van der Waals surface area contributed by atoms with Gasteiger partial charge in [-0.2, -0.15) is 0 Å². The minimum atomic E-state index is 0.0392. The SMILES string of the molecule is COc1ccc(CC(=O)NCCCn2c(C)nc3ccccc32)cc1. The van der Waals surface area contributed by atoms with Crippen LogP contribution < -0.4 is 10.1 Å². The van der Waals surface area contributed by atoms with E-state index in [1.807, 2.05) is 49.4 Å². The summed E-state index contributed by atoms with van der Waals surface area (Å²) in [4.78, 5) is 16.6. The first-order chi connectivity index (χ1) is 12.2. The van der Waals surface area contributed by atoms with Gasteiger partial charge in [0.15, 0.2) is 0 Å². The van der Waals surface area contributed by atoms with E-state index in [0.29, 0.717) is 13.0 Å². The van der Waals surface area contributed by atoms with E-state index in [2.05, 4.69) is 20.9 Å². The Morgan fingerprint density at radius 2 is 1.92 bits per heavy atom. The van der Waals surface area contributed by atoms with Crippen LogP contribution >= 0.6 is 0 Å². The van der Waals surface area contributed by atoms with Crippen molar-refractivity contribution >= 4 is 16.9 Å². The summed E-state index contributed by atoms with van der Waals surface area (Å²) in [5, 5.41) is 2.99. The zero-order valence-corrected chi connectivity index (χ0v) is 14.7. The van der Waals surface area contributed by atoms with Crippen LogP contribution in [-0.4, -0.2) is 29.1 Å². The largest absolute Gasteiger partial charge is 0.497 e. The van der Waals surface area contributed by atoms with Crippen molar-refractivity contribution in [2.75, 3.05) is 13.7 Å². The second-order valence-electron chi connectivity index (χ2n) is 6.03.